The normalized spacial score (nSPS) is 10.4. The van der Waals surface area contributed by atoms with E-state index >= 15 is 0 Å². The van der Waals surface area contributed by atoms with Crippen LogP contribution in [0.25, 0.3) is 0 Å². The number of imidazole rings is 1. The predicted octanol–water partition coefficient (Wildman–Crippen LogP) is 2.18. The van der Waals surface area contributed by atoms with Crippen LogP contribution in [0.2, 0.25) is 0 Å². The zero-order valence-corrected chi connectivity index (χ0v) is 10.6. The molecule has 8 heteroatoms. The average Bonchev–Trinajstić information content (AvgIpc) is 2.74. The van der Waals surface area contributed by atoms with Crippen molar-refractivity contribution in [2.75, 3.05) is 0 Å². The first-order valence-corrected chi connectivity index (χ1v) is 5.98. The van der Waals surface area contributed by atoms with Crippen LogP contribution in [0.4, 0.5) is 5.69 Å². The van der Waals surface area contributed by atoms with Crippen LogP contribution < -0.4 is 0 Å². The number of aromatic carboxylic acids is 1. The van der Waals surface area contributed by atoms with Gasteiger partial charge in [-0.1, -0.05) is 6.07 Å². The highest BCUT2D eigenvalue weighted by molar-refractivity contribution is 7.99. The maximum absolute atomic E-state index is 11.1. The van der Waals surface area contributed by atoms with Crippen molar-refractivity contribution in [3.63, 3.8) is 0 Å². The number of nitro groups is 1. The van der Waals surface area contributed by atoms with Gasteiger partial charge < -0.3 is 9.67 Å². The summed E-state index contributed by atoms with van der Waals surface area (Å²) in [7, 11) is 1.73. The fourth-order valence-electron chi connectivity index (χ4n) is 1.49. The van der Waals surface area contributed by atoms with Gasteiger partial charge in [-0.15, -0.1) is 0 Å². The van der Waals surface area contributed by atoms with Gasteiger partial charge in [-0.2, -0.15) is 0 Å². The predicted molar refractivity (Wildman–Crippen MR) is 67.4 cm³/mol. The number of aromatic nitrogens is 2. The molecule has 0 unspecified atom stereocenters. The van der Waals surface area contributed by atoms with Gasteiger partial charge in [0.25, 0.3) is 5.69 Å². The van der Waals surface area contributed by atoms with Crippen LogP contribution in [0.3, 0.4) is 0 Å². The van der Waals surface area contributed by atoms with Gasteiger partial charge in [-0.25, -0.2) is 9.78 Å². The lowest BCUT2D eigenvalue weighted by Gasteiger charge is -2.06. The second kappa shape index (κ2) is 5.11. The fraction of sp³-hybridized carbons (Fsp3) is 0.0909. The minimum Gasteiger partial charge on any atom is -0.478 e. The second-order valence-electron chi connectivity index (χ2n) is 3.64. The largest absolute Gasteiger partial charge is 0.478 e. The Morgan fingerprint density at radius 2 is 2.26 bits per heavy atom. The number of nitro benzene ring substituents is 1. The van der Waals surface area contributed by atoms with Crippen LogP contribution in [-0.2, 0) is 7.05 Å². The summed E-state index contributed by atoms with van der Waals surface area (Å²) in [6.45, 7) is 0. The number of carboxylic acid groups (broad SMARTS) is 1. The number of benzene rings is 1. The molecule has 0 saturated carbocycles. The molecule has 98 valence electrons. The van der Waals surface area contributed by atoms with Crippen LogP contribution in [-0.4, -0.2) is 25.6 Å². The molecular weight excluding hydrogens is 270 g/mol. The third-order valence-corrected chi connectivity index (χ3v) is 3.60. The van der Waals surface area contributed by atoms with Gasteiger partial charge in [-0.3, -0.25) is 10.1 Å². The molecule has 1 aromatic carbocycles. The van der Waals surface area contributed by atoms with Gasteiger partial charge in [0.05, 0.1) is 10.5 Å². The molecule has 2 aromatic rings. The van der Waals surface area contributed by atoms with Crippen molar-refractivity contribution in [3.8, 4) is 0 Å². The van der Waals surface area contributed by atoms with Gasteiger partial charge >= 0.3 is 5.97 Å². The van der Waals surface area contributed by atoms with Crippen LogP contribution in [0.5, 0.6) is 0 Å². The molecular formula is C11H9N3O4S. The molecule has 2 rings (SSSR count). The third-order valence-electron chi connectivity index (χ3n) is 2.39. The highest BCUT2D eigenvalue weighted by Gasteiger charge is 2.23. The molecule has 1 N–H and O–H groups in total. The molecule has 0 radical (unpaired) electrons. The SMILES string of the molecule is Cn1ccnc1Sc1c(C(=O)O)cccc1[N+](=O)[O-]. The van der Waals surface area contributed by atoms with Crippen molar-refractivity contribution in [1.82, 2.24) is 9.55 Å². The van der Waals surface area contributed by atoms with Crippen molar-refractivity contribution in [2.45, 2.75) is 10.1 Å². The van der Waals surface area contributed by atoms with Crippen LogP contribution in [0, 0.1) is 10.1 Å². The van der Waals surface area contributed by atoms with Gasteiger partial charge in [-0.05, 0) is 17.8 Å². The molecule has 19 heavy (non-hydrogen) atoms. The van der Waals surface area contributed by atoms with E-state index in [4.69, 9.17) is 5.11 Å². The first-order chi connectivity index (χ1) is 9.00. The average molecular weight is 279 g/mol. The maximum Gasteiger partial charge on any atom is 0.337 e. The number of aryl methyl sites for hydroxylation is 1. The molecule has 0 atom stereocenters. The maximum atomic E-state index is 11.1. The molecule has 0 aliphatic heterocycles. The van der Waals surface area contributed by atoms with E-state index < -0.39 is 10.9 Å². The molecule has 0 bridgehead atoms. The smallest absolute Gasteiger partial charge is 0.337 e. The molecule has 7 nitrogen and oxygen atoms in total. The molecule has 0 fully saturated rings. The summed E-state index contributed by atoms with van der Waals surface area (Å²) >= 11 is 0.960. The quantitative estimate of drug-likeness (QED) is 0.680. The number of rotatable bonds is 4. The highest BCUT2D eigenvalue weighted by atomic mass is 32.2. The van der Waals surface area contributed by atoms with Gasteiger partial charge in [0.2, 0.25) is 0 Å². The number of hydrogen-bond acceptors (Lipinski definition) is 5. The third kappa shape index (κ3) is 2.58. The Balaban J connectivity index is 2.55. The minimum atomic E-state index is -1.21. The number of carboxylic acids is 1. The lowest BCUT2D eigenvalue weighted by molar-refractivity contribution is -0.387. The Morgan fingerprint density at radius 1 is 1.53 bits per heavy atom. The Hall–Kier alpha value is -2.35. The molecule has 0 amide bonds. The van der Waals surface area contributed by atoms with E-state index in [0.717, 1.165) is 11.8 Å². The van der Waals surface area contributed by atoms with E-state index in [9.17, 15) is 14.9 Å². The van der Waals surface area contributed by atoms with Crippen molar-refractivity contribution in [1.29, 1.82) is 0 Å². The van der Waals surface area contributed by atoms with E-state index in [-0.39, 0.29) is 16.1 Å². The monoisotopic (exact) mass is 279 g/mol. The van der Waals surface area contributed by atoms with E-state index in [0.29, 0.717) is 5.16 Å². The number of nitrogens with zero attached hydrogens (tertiary/aromatic N) is 3. The van der Waals surface area contributed by atoms with Crippen molar-refractivity contribution in [3.05, 3.63) is 46.3 Å². The molecule has 1 heterocycles. The summed E-state index contributed by atoms with van der Waals surface area (Å²) in [5.41, 5.74) is -0.352. The first-order valence-electron chi connectivity index (χ1n) is 5.16. The molecule has 0 saturated heterocycles. The highest BCUT2D eigenvalue weighted by Crippen LogP contribution is 2.36. The van der Waals surface area contributed by atoms with E-state index in [1.165, 1.54) is 24.4 Å². The summed E-state index contributed by atoms with van der Waals surface area (Å²) in [5.74, 6) is -1.21. The number of carbonyl (C=O) groups is 1. The summed E-state index contributed by atoms with van der Waals surface area (Å²) in [4.78, 5) is 25.6. The molecule has 0 aliphatic rings. The Morgan fingerprint density at radius 3 is 2.79 bits per heavy atom. The van der Waals surface area contributed by atoms with Crippen LogP contribution in [0.15, 0.2) is 40.6 Å². The second-order valence-corrected chi connectivity index (χ2v) is 4.62. The van der Waals surface area contributed by atoms with Gasteiger partial charge in [0.15, 0.2) is 5.16 Å². The lowest BCUT2D eigenvalue weighted by atomic mass is 10.2. The van der Waals surface area contributed by atoms with Gasteiger partial charge in [0, 0.05) is 25.5 Å². The van der Waals surface area contributed by atoms with Crippen molar-refractivity contribution < 1.29 is 14.8 Å². The lowest BCUT2D eigenvalue weighted by Crippen LogP contribution is -2.03. The van der Waals surface area contributed by atoms with E-state index in [1.54, 1.807) is 17.8 Å². The van der Waals surface area contributed by atoms with Crippen LogP contribution >= 0.6 is 11.8 Å². The Bertz CT molecular complexity index is 621. The molecule has 0 aliphatic carbocycles. The fourth-order valence-corrected chi connectivity index (χ4v) is 2.50. The minimum absolute atomic E-state index is 0.0781. The summed E-state index contributed by atoms with van der Waals surface area (Å²) in [6.07, 6.45) is 3.22. The topological polar surface area (TPSA) is 98.3 Å². The van der Waals surface area contributed by atoms with E-state index in [2.05, 4.69) is 4.98 Å². The molecule has 1 aromatic heterocycles. The standard InChI is InChI=1S/C11H9N3O4S/c1-13-6-5-12-11(13)19-9-7(10(15)16)3-2-4-8(9)14(17)18/h2-6H,1H3,(H,15,16). The summed E-state index contributed by atoms with van der Waals surface area (Å²) in [6, 6.07) is 3.96. The van der Waals surface area contributed by atoms with Gasteiger partial charge in [0.1, 0.15) is 4.90 Å². The zero-order valence-electron chi connectivity index (χ0n) is 9.81. The number of hydrogen-bond donors (Lipinski definition) is 1. The van der Waals surface area contributed by atoms with Crippen LogP contribution in [0.1, 0.15) is 10.4 Å². The van der Waals surface area contributed by atoms with E-state index in [1.807, 2.05) is 0 Å². The van der Waals surface area contributed by atoms with Crippen molar-refractivity contribution in [2.24, 2.45) is 7.05 Å². The summed E-state index contributed by atoms with van der Waals surface area (Å²) < 4.78 is 1.66. The Labute approximate surface area is 112 Å². The Kier molecular flexibility index (Phi) is 3.52. The molecule has 0 spiro atoms. The first kappa shape index (κ1) is 13.1. The van der Waals surface area contributed by atoms with Crippen molar-refractivity contribution >= 4 is 23.4 Å². The zero-order chi connectivity index (χ0) is 14.0. The summed E-state index contributed by atoms with van der Waals surface area (Å²) in [5, 5.41) is 20.6.